The largest absolute Gasteiger partial charge is 0.465 e. The molecule has 0 spiro atoms. The highest BCUT2D eigenvalue weighted by Crippen LogP contribution is 2.31. The molecule has 0 aliphatic rings. The van der Waals surface area contributed by atoms with E-state index in [1.165, 1.54) is 18.2 Å². The first-order valence-corrected chi connectivity index (χ1v) is 6.78. The number of amides is 1. The first kappa shape index (κ1) is 15.3. The average molecular weight is 359 g/mol. The van der Waals surface area contributed by atoms with E-state index in [1.54, 1.807) is 13.0 Å². The molecule has 0 saturated carbocycles. The number of rotatable bonds is 5. The van der Waals surface area contributed by atoms with Crippen molar-refractivity contribution in [3.63, 3.8) is 0 Å². The SMILES string of the molecule is Cc1onc(O[C@@H](CNC(=O)O)c2ccccc2F)c1Br. The third-order valence-electron chi connectivity index (χ3n) is 2.71. The van der Waals surface area contributed by atoms with Crippen molar-refractivity contribution in [2.24, 2.45) is 0 Å². The number of nitrogens with zero attached hydrogens (tertiary/aromatic N) is 1. The number of carboxylic acid groups (broad SMARTS) is 1. The van der Waals surface area contributed by atoms with Gasteiger partial charge in [0.25, 0.3) is 5.88 Å². The van der Waals surface area contributed by atoms with Crippen molar-refractivity contribution >= 4 is 22.0 Å². The summed E-state index contributed by atoms with van der Waals surface area (Å²) in [7, 11) is 0. The first-order valence-electron chi connectivity index (χ1n) is 5.98. The number of carbonyl (C=O) groups is 1. The number of halogens is 2. The number of aromatic nitrogens is 1. The maximum absolute atomic E-state index is 13.9. The molecular formula is C13H12BrFN2O4. The summed E-state index contributed by atoms with van der Waals surface area (Å²) >= 11 is 3.24. The predicted octanol–water partition coefficient (Wildman–Crippen LogP) is 3.27. The van der Waals surface area contributed by atoms with Gasteiger partial charge in [0, 0.05) is 5.56 Å². The Hall–Kier alpha value is -2.09. The molecule has 2 rings (SSSR count). The average Bonchev–Trinajstić information content (AvgIpc) is 2.76. The van der Waals surface area contributed by atoms with Crippen molar-refractivity contribution in [3.8, 4) is 5.88 Å². The number of hydrogen-bond donors (Lipinski definition) is 2. The molecule has 8 heteroatoms. The standard InChI is InChI=1S/C13H12BrFN2O4/c1-7-11(14)12(17-21-7)20-10(6-16-13(18)19)8-4-2-3-5-9(8)15/h2-5,10,16H,6H2,1H3,(H,18,19)/t10-/m0/s1. The van der Waals surface area contributed by atoms with Crippen LogP contribution in [0.5, 0.6) is 5.88 Å². The highest BCUT2D eigenvalue weighted by atomic mass is 79.9. The van der Waals surface area contributed by atoms with Crippen LogP contribution in [0.1, 0.15) is 17.4 Å². The smallest absolute Gasteiger partial charge is 0.404 e. The van der Waals surface area contributed by atoms with Crippen LogP contribution < -0.4 is 10.1 Å². The van der Waals surface area contributed by atoms with E-state index in [9.17, 15) is 9.18 Å². The second-order valence-electron chi connectivity index (χ2n) is 4.17. The van der Waals surface area contributed by atoms with E-state index >= 15 is 0 Å². The fourth-order valence-electron chi connectivity index (χ4n) is 1.68. The molecule has 112 valence electrons. The quantitative estimate of drug-likeness (QED) is 0.856. The Morgan fingerprint density at radius 2 is 2.29 bits per heavy atom. The minimum Gasteiger partial charge on any atom is -0.465 e. The molecule has 0 radical (unpaired) electrons. The number of nitrogens with one attached hydrogen (secondary N) is 1. The van der Waals surface area contributed by atoms with Gasteiger partial charge in [0.15, 0.2) is 5.76 Å². The van der Waals surface area contributed by atoms with Crippen LogP contribution in [0.25, 0.3) is 0 Å². The molecule has 0 fully saturated rings. The van der Waals surface area contributed by atoms with E-state index in [4.69, 9.17) is 14.4 Å². The van der Waals surface area contributed by atoms with Gasteiger partial charge in [-0.15, -0.1) is 0 Å². The van der Waals surface area contributed by atoms with Gasteiger partial charge in [-0.3, -0.25) is 0 Å². The summed E-state index contributed by atoms with van der Waals surface area (Å²) in [5.41, 5.74) is 0.221. The molecule has 1 aromatic heterocycles. The minimum absolute atomic E-state index is 0.130. The van der Waals surface area contributed by atoms with Crippen LogP contribution >= 0.6 is 15.9 Å². The van der Waals surface area contributed by atoms with Crippen LogP contribution in [0.2, 0.25) is 0 Å². The summed E-state index contributed by atoms with van der Waals surface area (Å²) in [6.07, 6.45) is -2.10. The van der Waals surface area contributed by atoms with Crippen LogP contribution in [0, 0.1) is 12.7 Å². The van der Waals surface area contributed by atoms with Gasteiger partial charge in [0.1, 0.15) is 16.4 Å². The van der Waals surface area contributed by atoms with E-state index in [0.717, 1.165) is 0 Å². The van der Waals surface area contributed by atoms with Gasteiger partial charge in [-0.05, 0) is 34.1 Å². The topological polar surface area (TPSA) is 84.6 Å². The molecule has 6 nitrogen and oxygen atoms in total. The molecule has 0 unspecified atom stereocenters. The van der Waals surface area contributed by atoms with Crippen LogP contribution in [0.3, 0.4) is 0 Å². The maximum atomic E-state index is 13.9. The normalized spacial score (nSPS) is 12.0. The summed E-state index contributed by atoms with van der Waals surface area (Å²) in [5.74, 6) is 0.141. The molecule has 2 N–H and O–H groups in total. The Kier molecular flexibility index (Phi) is 4.79. The van der Waals surface area contributed by atoms with Gasteiger partial charge in [-0.1, -0.05) is 18.2 Å². The molecule has 1 aromatic carbocycles. The van der Waals surface area contributed by atoms with Crippen molar-refractivity contribution in [1.29, 1.82) is 0 Å². The second kappa shape index (κ2) is 6.57. The summed E-state index contributed by atoms with van der Waals surface area (Å²) in [5, 5.41) is 14.6. The Morgan fingerprint density at radius 3 is 2.86 bits per heavy atom. The zero-order chi connectivity index (χ0) is 15.4. The lowest BCUT2D eigenvalue weighted by Gasteiger charge is -2.18. The summed E-state index contributed by atoms with van der Waals surface area (Å²) in [4.78, 5) is 10.6. The summed E-state index contributed by atoms with van der Waals surface area (Å²) < 4.78 is 24.9. The maximum Gasteiger partial charge on any atom is 0.404 e. The molecular weight excluding hydrogens is 347 g/mol. The van der Waals surface area contributed by atoms with Crippen molar-refractivity contribution in [2.75, 3.05) is 6.54 Å². The molecule has 21 heavy (non-hydrogen) atoms. The third-order valence-corrected chi connectivity index (χ3v) is 3.60. The lowest BCUT2D eigenvalue weighted by atomic mass is 10.1. The van der Waals surface area contributed by atoms with E-state index in [1.807, 2.05) is 0 Å². The monoisotopic (exact) mass is 358 g/mol. The van der Waals surface area contributed by atoms with Crippen LogP contribution in [-0.4, -0.2) is 22.9 Å². The molecule has 0 aliphatic carbocycles. The Morgan fingerprint density at radius 1 is 1.57 bits per heavy atom. The Balaban J connectivity index is 2.26. The molecule has 1 amide bonds. The molecule has 2 aromatic rings. The zero-order valence-electron chi connectivity index (χ0n) is 11.0. The predicted molar refractivity (Wildman–Crippen MR) is 74.7 cm³/mol. The van der Waals surface area contributed by atoms with Gasteiger partial charge >= 0.3 is 6.09 Å². The highest BCUT2D eigenvalue weighted by Gasteiger charge is 2.22. The van der Waals surface area contributed by atoms with Crippen molar-refractivity contribution < 1.29 is 23.6 Å². The zero-order valence-corrected chi connectivity index (χ0v) is 12.6. The Labute approximate surface area is 128 Å². The van der Waals surface area contributed by atoms with E-state index in [0.29, 0.717) is 10.2 Å². The third kappa shape index (κ3) is 3.72. The fraction of sp³-hybridized carbons (Fsp3) is 0.231. The van der Waals surface area contributed by atoms with Gasteiger partial charge in [-0.2, -0.15) is 0 Å². The molecule has 0 aliphatic heterocycles. The van der Waals surface area contributed by atoms with Crippen molar-refractivity contribution in [1.82, 2.24) is 10.5 Å². The van der Waals surface area contributed by atoms with Crippen LogP contribution in [-0.2, 0) is 0 Å². The van der Waals surface area contributed by atoms with E-state index in [-0.39, 0.29) is 18.0 Å². The van der Waals surface area contributed by atoms with Crippen LogP contribution in [0.4, 0.5) is 9.18 Å². The lowest BCUT2D eigenvalue weighted by molar-refractivity contribution is 0.162. The summed E-state index contributed by atoms with van der Waals surface area (Å²) in [6, 6.07) is 5.97. The van der Waals surface area contributed by atoms with Crippen LogP contribution in [0.15, 0.2) is 33.3 Å². The molecule has 1 atom stereocenters. The number of benzene rings is 1. The second-order valence-corrected chi connectivity index (χ2v) is 4.96. The molecule has 0 bridgehead atoms. The summed E-state index contributed by atoms with van der Waals surface area (Å²) in [6.45, 7) is 1.55. The van der Waals surface area contributed by atoms with E-state index < -0.39 is 18.0 Å². The number of ether oxygens (including phenoxy) is 1. The highest BCUT2D eigenvalue weighted by molar-refractivity contribution is 9.10. The van der Waals surface area contributed by atoms with Gasteiger partial charge in [-0.25, -0.2) is 9.18 Å². The van der Waals surface area contributed by atoms with Gasteiger partial charge in [0.05, 0.1) is 6.54 Å². The van der Waals surface area contributed by atoms with E-state index in [2.05, 4.69) is 26.4 Å². The lowest BCUT2D eigenvalue weighted by Crippen LogP contribution is -2.29. The van der Waals surface area contributed by atoms with Crippen molar-refractivity contribution in [3.05, 3.63) is 45.9 Å². The minimum atomic E-state index is -1.23. The molecule has 1 heterocycles. The van der Waals surface area contributed by atoms with Crippen molar-refractivity contribution in [2.45, 2.75) is 13.0 Å². The number of aryl methyl sites for hydroxylation is 1. The van der Waals surface area contributed by atoms with Gasteiger partial charge < -0.3 is 19.7 Å². The fourth-order valence-corrected chi connectivity index (χ4v) is 1.92. The number of hydrogen-bond acceptors (Lipinski definition) is 4. The Bertz CT molecular complexity index is 647. The molecule has 0 saturated heterocycles. The van der Waals surface area contributed by atoms with Gasteiger partial charge in [0.2, 0.25) is 0 Å². The first-order chi connectivity index (χ1) is 9.99.